The summed E-state index contributed by atoms with van der Waals surface area (Å²) in [6.07, 6.45) is -0.783. The molecule has 0 unspecified atom stereocenters. The number of nitrogens with zero attached hydrogens (tertiary/aromatic N) is 1. The Balaban J connectivity index is 1.60. The summed E-state index contributed by atoms with van der Waals surface area (Å²) in [5.74, 6) is 0.660. The first-order valence-corrected chi connectivity index (χ1v) is 6.80. The average Bonchev–Trinajstić information content (AvgIpc) is 2.59. The van der Waals surface area contributed by atoms with Crippen LogP contribution in [0.5, 0.6) is 11.5 Å². The van der Waals surface area contributed by atoms with Gasteiger partial charge in [-0.05, 0) is 29.8 Å². The molecule has 22 heavy (non-hydrogen) atoms. The number of rotatable bonds is 3. The zero-order valence-electron chi connectivity index (χ0n) is 11.7. The Morgan fingerprint density at radius 3 is 2.86 bits per heavy atom. The van der Waals surface area contributed by atoms with Crippen LogP contribution in [0.15, 0.2) is 48.5 Å². The second-order valence-corrected chi connectivity index (χ2v) is 4.78. The molecule has 1 aliphatic rings. The molecular weight excluding hydrogens is 282 g/mol. The molecule has 0 spiro atoms. The van der Waals surface area contributed by atoms with Gasteiger partial charge in [-0.1, -0.05) is 24.3 Å². The van der Waals surface area contributed by atoms with Gasteiger partial charge in [0.05, 0.1) is 11.6 Å². The fourth-order valence-corrected chi connectivity index (χ4v) is 2.11. The van der Waals surface area contributed by atoms with Crippen LogP contribution in [0.1, 0.15) is 11.1 Å². The Hall–Kier alpha value is -3.00. The molecule has 0 saturated heterocycles. The predicted molar refractivity (Wildman–Crippen MR) is 77.3 cm³/mol. The Labute approximate surface area is 127 Å². The minimum atomic E-state index is -0.783. The SMILES string of the molecule is N#Cc1cccc(COC(=O)[C@H]2COc3ccccc3O2)c1. The molecule has 3 rings (SSSR count). The molecule has 0 N–H and O–H groups in total. The van der Waals surface area contributed by atoms with Gasteiger partial charge in [0.2, 0.25) is 6.10 Å². The molecule has 2 aromatic rings. The number of esters is 1. The number of benzene rings is 2. The number of fused-ring (bicyclic) bond motifs is 1. The Kier molecular flexibility index (Phi) is 3.92. The molecule has 5 heteroatoms. The van der Waals surface area contributed by atoms with Crippen LogP contribution in [0.25, 0.3) is 0 Å². The first-order chi connectivity index (χ1) is 10.8. The molecule has 110 valence electrons. The molecule has 2 aromatic carbocycles. The van der Waals surface area contributed by atoms with Gasteiger partial charge < -0.3 is 14.2 Å². The largest absolute Gasteiger partial charge is 0.485 e. The van der Waals surface area contributed by atoms with Crippen LogP contribution in [0.2, 0.25) is 0 Å². The van der Waals surface area contributed by atoms with Crippen molar-refractivity contribution in [1.29, 1.82) is 5.26 Å². The highest BCUT2D eigenvalue weighted by Gasteiger charge is 2.28. The van der Waals surface area contributed by atoms with E-state index in [9.17, 15) is 4.79 Å². The summed E-state index contributed by atoms with van der Waals surface area (Å²) in [7, 11) is 0. The molecule has 1 heterocycles. The van der Waals surface area contributed by atoms with E-state index >= 15 is 0 Å². The van der Waals surface area contributed by atoms with Crippen LogP contribution >= 0.6 is 0 Å². The highest BCUT2D eigenvalue weighted by molar-refractivity contribution is 5.76. The molecule has 0 amide bonds. The lowest BCUT2D eigenvalue weighted by Gasteiger charge is -2.24. The van der Waals surface area contributed by atoms with Crippen LogP contribution < -0.4 is 9.47 Å². The number of para-hydroxylation sites is 2. The standard InChI is InChI=1S/C17H13NO4/c18-9-12-4-3-5-13(8-12)10-21-17(19)16-11-20-14-6-1-2-7-15(14)22-16/h1-8,16H,10-11H2/t16-/m1/s1. The van der Waals surface area contributed by atoms with Crippen molar-refractivity contribution in [2.45, 2.75) is 12.7 Å². The summed E-state index contributed by atoms with van der Waals surface area (Å²) in [5.41, 5.74) is 1.28. The molecule has 0 aromatic heterocycles. The van der Waals surface area contributed by atoms with E-state index in [1.54, 1.807) is 36.4 Å². The molecule has 0 aliphatic carbocycles. The van der Waals surface area contributed by atoms with Crippen molar-refractivity contribution in [3.05, 3.63) is 59.7 Å². The van der Waals surface area contributed by atoms with Gasteiger partial charge in [0.1, 0.15) is 13.2 Å². The zero-order chi connectivity index (χ0) is 15.4. The van der Waals surface area contributed by atoms with Crippen molar-refractivity contribution in [3.8, 4) is 17.6 Å². The third-order valence-corrected chi connectivity index (χ3v) is 3.21. The number of carbonyl (C=O) groups excluding carboxylic acids is 1. The van der Waals surface area contributed by atoms with E-state index < -0.39 is 12.1 Å². The summed E-state index contributed by atoms with van der Waals surface area (Å²) >= 11 is 0. The van der Waals surface area contributed by atoms with E-state index in [4.69, 9.17) is 19.5 Å². The van der Waals surface area contributed by atoms with E-state index in [0.717, 1.165) is 5.56 Å². The Morgan fingerprint density at radius 1 is 1.23 bits per heavy atom. The lowest BCUT2D eigenvalue weighted by atomic mass is 10.1. The van der Waals surface area contributed by atoms with Crippen molar-refractivity contribution in [3.63, 3.8) is 0 Å². The smallest absolute Gasteiger partial charge is 0.351 e. The number of nitriles is 1. The molecule has 5 nitrogen and oxygen atoms in total. The summed E-state index contributed by atoms with van der Waals surface area (Å²) in [6.45, 7) is 0.212. The van der Waals surface area contributed by atoms with Crippen molar-refractivity contribution in [1.82, 2.24) is 0 Å². The molecule has 0 radical (unpaired) electrons. The maximum absolute atomic E-state index is 12.0. The minimum Gasteiger partial charge on any atom is -0.485 e. The first-order valence-electron chi connectivity index (χ1n) is 6.80. The maximum Gasteiger partial charge on any atom is 0.351 e. The lowest BCUT2D eigenvalue weighted by molar-refractivity contribution is -0.155. The molecular formula is C17H13NO4. The van der Waals surface area contributed by atoms with Crippen molar-refractivity contribution >= 4 is 5.97 Å². The summed E-state index contributed by atoms with van der Waals surface area (Å²) in [6, 6.07) is 16.1. The van der Waals surface area contributed by atoms with E-state index in [1.165, 1.54) is 0 Å². The van der Waals surface area contributed by atoms with E-state index in [2.05, 4.69) is 0 Å². The Bertz CT molecular complexity index is 735. The van der Waals surface area contributed by atoms with E-state index in [0.29, 0.717) is 17.1 Å². The summed E-state index contributed by atoms with van der Waals surface area (Å²) < 4.78 is 16.3. The van der Waals surface area contributed by atoms with Crippen molar-refractivity contribution in [2.24, 2.45) is 0 Å². The second-order valence-electron chi connectivity index (χ2n) is 4.78. The van der Waals surface area contributed by atoms with Gasteiger partial charge in [0.25, 0.3) is 0 Å². The quantitative estimate of drug-likeness (QED) is 0.813. The average molecular weight is 295 g/mol. The van der Waals surface area contributed by atoms with Gasteiger partial charge in [-0.25, -0.2) is 4.79 Å². The predicted octanol–water partition coefficient (Wildman–Crippen LogP) is 2.44. The number of ether oxygens (including phenoxy) is 3. The third kappa shape index (κ3) is 3.01. The minimum absolute atomic E-state index is 0.0931. The van der Waals surface area contributed by atoms with Crippen LogP contribution in [-0.4, -0.2) is 18.7 Å². The molecule has 0 saturated carbocycles. The number of hydrogen-bond acceptors (Lipinski definition) is 5. The van der Waals surface area contributed by atoms with Gasteiger partial charge in [-0.2, -0.15) is 5.26 Å². The molecule has 1 atom stereocenters. The second kappa shape index (κ2) is 6.19. The van der Waals surface area contributed by atoms with Gasteiger partial charge in [0, 0.05) is 0 Å². The van der Waals surface area contributed by atoms with Crippen molar-refractivity contribution < 1.29 is 19.0 Å². The maximum atomic E-state index is 12.0. The topological polar surface area (TPSA) is 68.5 Å². The summed E-state index contributed by atoms with van der Waals surface area (Å²) in [5, 5.41) is 8.84. The van der Waals surface area contributed by atoms with Crippen LogP contribution in [0.3, 0.4) is 0 Å². The Morgan fingerprint density at radius 2 is 2.05 bits per heavy atom. The van der Waals surface area contributed by atoms with Gasteiger partial charge >= 0.3 is 5.97 Å². The molecule has 0 fully saturated rings. The van der Waals surface area contributed by atoms with Gasteiger partial charge in [0.15, 0.2) is 11.5 Å². The van der Waals surface area contributed by atoms with Gasteiger partial charge in [-0.15, -0.1) is 0 Å². The fraction of sp³-hybridized carbons (Fsp3) is 0.176. The summed E-state index contributed by atoms with van der Waals surface area (Å²) in [4.78, 5) is 12.0. The van der Waals surface area contributed by atoms with Gasteiger partial charge in [-0.3, -0.25) is 0 Å². The van der Waals surface area contributed by atoms with E-state index in [1.807, 2.05) is 18.2 Å². The van der Waals surface area contributed by atoms with Crippen molar-refractivity contribution in [2.75, 3.05) is 6.61 Å². The molecule has 0 bridgehead atoms. The fourth-order valence-electron chi connectivity index (χ4n) is 2.11. The van der Waals surface area contributed by atoms with Crippen LogP contribution in [0.4, 0.5) is 0 Å². The first kappa shape index (κ1) is 14.0. The highest BCUT2D eigenvalue weighted by Crippen LogP contribution is 2.31. The normalized spacial score (nSPS) is 15.7. The lowest BCUT2D eigenvalue weighted by Crippen LogP contribution is -2.37. The number of carbonyl (C=O) groups is 1. The highest BCUT2D eigenvalue weighted by atomic mass is 16.6. The zero-order valence-corrected chi connectivity index (χ0v) is 11.7. The van der Waals surface area contributed by atoms with Crippen LogP contribution in [0, 0.1) is 11.3 Å². The monoisotopic (exact) mass is 295 g/mol. The molecule has 1 aliphatic heterocycles. The van der Waals surface area contributed by atoms with Crippen LogP contribution in [-0.2, 0) is 16.1 Å². The third-order valence-electron chi connectivity index (χ3n) is 3.21. The number of hydrogen-bond donors (Lipinski definition) is 0. The van der Waals surface area contributed by atoms with E-state index in [-0.39, 0.29) is 13.2 Å².